The van der Waals surface area contributed by atoms with Crippen molar-refractivity contribution in [2.24, 2.45) is 0 Å². The largest absolute Gasteiger partial charge is 0.356 e. The summed E-state index contributed by atoms with van der Waals surface area (Å²) in [7, 11) is -3.47. The second-order valence-corrected chi connectivity index (χ2v) is 7.75. The van der Waals surface area contributed by atoms with Gasteiger partial charge in [-0.2, -0.15) is 4.31 Å². The van der Waals surface area contributed by atoms with Crippen LogP contribution in [-0.4, -0.2) is 50.7 Å². The van der Waals surface area contributed by atoms with Crippen LogP contribution in [-0.2, 0) is 26.0 Å². The molecule has 0 spiro atoms. The van der Waals surface area contributed by atoms with Crippen molar-refractivity contribution < 1.29 is 18.0 Å². The van der Waals surface area contributed by atoms with E-state index >= 15 is 0 Å². The molecule has 0 fully saturated rings. The molecule has 2 amide bonds. The maximum absolute atomic E-state index is 12.4. The molecule has 0 saturated heterocycles. The summed E-state index contributed by atoms with van der Waals surface area (Å²) in [6, 6.07) is 6.57. The van der Waals surface area contributed by atoms with Gasteiger partial charge in [-0.3, -0.25) is 9.59 Å². The number of terminal acetylenes is 1. The van der Waals surface area contributed by atoms with Gasteiger partial charge >= 0.3 is 0 Å². The van der Waals surface area contributed by atoms with Crippen molar-refractivity contribution >= 4 is 21.8 Å². The molecule has 0 unspecified atom stereocenters. The van der Waals surface area contributed by atoms with Gasteiger partial charge in [0.2, 0.25) is 21.8 Å². The van der Waals surface area contributed by atoms with E-state index in [9.17, 15) is 18.0 Å². The Morgan fingerprint density at radius 2 is 1.63 bits per heavy atom. The molecule has 27 heavy (non-hydrogen) atoms. The molecule has 0 saturated carbocycles. The average molecular weight is 394 g/mol. The Labute approximate surface area is 161 Å². The highest BCUT2D eigenvalue weighted by Crippen LogP contribution is 2.16. The zero-order valence-electron chi connectivity index (χ0n) is 15.8. The normalized spacial score (nSPS) is 11.0. The summed E-state index contributed by atoms with van der Waals surface area (Å²) < 4.78 is 26.3. The summed E-state index contributed by atoms with van der Waals surface area (Å²) in [6.07, 6.45) is 5.96. The minimum Gasteiger partial charge on any atom is -0.356 e. The van der Waals surface area contributed by atoms with Crippen LogP contribution in [0.25, 0.3) is 0 Å². The summed E-state index contributed by atoms with van der Waals surface area (Å²) in [5, 5.41) is 5.19. The maximum Gasteiger partial charge on any atom is 0.243 e. The van der Waals surface area contributed by atoms with Gasteiger partial charge in [-0.1, -0.05) is 31.9 Å². The van der Waals surface area contributed by atoms with Crippen LogP contribution < -0.4 is 10.6 Å². The molecule has 7 nitrogen and oxygen atoms in total. The van der Waals surface area contributed by atoms with Crippen LogP contribution in [0.5, 0.6) is 0 Å². The fourth-order valence-electron chi connectivity index (χ4n) is 2.44. The zero-order valence-corrected chi connectivity index (χ0v) is 16.6. The fraction of sp³-hybridized carbons (Fsp3) is 0.474. The van der Waals surface area contributed by atoms with Gasteiger partial charge in [0, 0.05) is 32.5 Å². The average Bonchev–Trinajstić information content (AvgIpc) is 2.65. The number of aryl methyl sites for hydroxylation is 1. The maximum atomic E-state index is 12.4. The number of hydrogen-bond acceptors (Lipinski definition) is 4. The number of carbonyl (C=O) groups is 2. The second-order valence-electron chi connectivity index (χ2n) is 5.81. The van der Waals surface area contributed by atoms with Crippen molar-refractivity contribution in [2.75, 3.05) is 26.2 Å². The van der Waals surface area contributed by atoms with Gasteiger partial charge in [0.25, 0.3) is 0 Å². The first kappa shape index (κ1) is 22.7. The highest BCUT2D eigenvalue weighted by atomic mass is 32.2. The summed E-state index contributed by atoms with van der Waals surface area (Å²) in [5.74, 6) is 1.93. The van der Waals surface area contributed by atoms with Crippen molar-refractivity contribution in [3.63, 3.8) is 0 Å². The van der Waals surface area contributed by atoms with E-state index < -0.39 is 10.0 Å². The summed E-state index contributed by atoms with van der Waals surface area (Å²) in [5.41, 5.74) is 0.871. The summed E-state index contributed by atoms with van der Waals surface area (Å²) >= 11 is 0. The Morgan fingerprint density at radius 1 is 1.04 bits per heavy atom. The first-order valence-electron chi connectivity index (χ1n) is 8.91. The van der Waals surface area contributed by atoms with E-state index in [1.807, 2.05) is 0 Å². The predicted molar refractivity (Wildman–Crippen MR) is 104 cm³/mol. The number of carbonyl (C=O) groups excluding carboxylic acids is 2. The van der Waals surface area contributed by atoms with E-state index in [-0.39, 0.29) is 42.6 Å². The van der Waals surface area contributed by atoms with Crippen LogP contribution >= 0.6 is 0 Å². The number of benzene rings is 1. The molecule has 0 aliphatic rings. The van der Waals surface area contributed by atoms with Gasteiger partial charge in [-0.05, 0) is 24.1 Å². The van der Waals surface area contributed by atoms with Crippen LogP contribution in [0.3, 0.4) is 0 Å². The minimum absolute atomic E-state index is 0.167. The third-order valence-electron chi connectivity index (χ3n) is 3.97. The third kappa shape index (κ3) is 7.41. The molecule has 0 radical (unpaired) electrons. The molecule has 0 heterocycles. The van der Waals surface area contributed by atoms with E-state index in [2.05, 4.69) is 16.6 Å². The predicted octanol–water partition coefficient (Wildman–Crippen LogP) is 0.905. The Morgan fingerprint density at radius 3 is 2.19 bits per heavy atom. The highest BCUT2D eigenvalue weighted by Gasteiger charge is 2.21. The molecular weight excluding hydrogens is 366 g/mol. The standard InChI is InChI=1S/C19H27N3O4S/c1-4-14-20-19(24)13-15-21-18(23)12-9-16-7-10-17(11-8-16)27(25,26)22(5-2)6-3/h1,7-8,10-11H,5-6,9,12-15H2,2-3H3,(H,20,24)(H,21,23). The summed E-state index contributed by atoms with van der Waals surface area (Å²) in [6.45, 7) is 4.85. The topological polar surface area (TPSA) is 95.6 Å². The van der Waals surface area contributed by atoms with E-state index in [0.717, 1.165) is 5.56 Å². The number of rotatable bonds is 11. The second kappa shape index (κ2) is 11.4. The van der Waals surface area contributed by atoms with Crippen molar-refractivity contribution in [3.05, 3.63) is 29.8 Å². The van der Waals surface area contributed by atoms with Gasteiger partial charge < -0.3 is 10.6 Å². The van der Waals surface area contributed by atoms with E-state index in [0.29, 0.717) is 19.5 Å². The highest BCUT2D eigenvalue weighted by molar-refractivity contribution is 7.89. The molecule has 0 aliphatic heterocycles. The van der Waals surface area contributed by atoms with Crippen LogP contribution in [0.2, 0.25) is 0 Å². The van der Waals surface area contributed by atoms with Crippen molar-refractivity contribution in [1.29, 1.82) is 0 Å². The molecule has 0 aliphatic carbocycles. The molecule has 2 N–H and O–H groups in total. The lowest BCUT2D eigenvalue weighted by Gasteiger charge is -2.18. The number of amides is 2. The lowest BCUT2D eigenvalue weighted by molar-refractivity contribution is -0.122. The van der Waals surface area contributed by atoms with Crippen molar-refractivity contribution in [1.82, 2.24) is 14.9 Å². The van der Waals surface area contributed by atoms with Crippen LogP contribution in [0.15, 0.2) is 29.2 Å². The molecule has 1 rings (SSSR count). The van der Waals surface area contributed by atoms with Gasteiger partial charge in [-0.25, -0.2) is 8.42 Å². The Balaban J connectivity index is 2.47. The fourth-order valence-corrected chi connectivity index (χ4v) is 3.90. The molecule has 0 bridgehead atoms. The van der Waals surface area contributed by atoms with Gasteiger partial charge in [-0.15, -0.1) is 6.42 Å². The first-order chi connectivity index (χ1) is 12.8. The lowest BCUT2D eigenvalue weighted by Crippen LogP contribution is -2.31. The Bertz CT molecular complexity index is 763. The third-order valence-corrected chi connectivity index (χ3v) is 6.03. The van der Waals surface area contributed by atoms with E-state index in [1.165, 1.54) is 4.31 Å². The molecule has 148 valence electrons. The minimum atomic E-state index is -3.47. The molecule has 1 aromatic rings. The zero-order chi connectivity index (χ0) is 20.3. The van der Waals surface area contributed by atoms with Crippen LogP contribution in [0.1, 0.15) is 32.3 Å². The molecule has 0 atom stereocenters. The quantitative estimate of drug-likeness (QED) is 0.546. The number of nitrogens with one attached hydrogen (secondary N) is 2. The molecule has 0 aromatic heterocycles. The van der Waals surface area contributed by atoms with Gasteiger partial charge in [0.05, 0.1) is 11.4 Å². The number of nitrogens with zero attached hydrogens (tertiary/aromatic N) is 1. The number of sulfonamides is 1. The monoisotopic (exact) mass is 393 g/mol. The van der Waals surface area contributed by atoms with E-state index in [4.69, 9.17) is 6.42 Å². The van der Waals surface area contributed by atoms with Crippen molar-refractivity contribution in [3.8, 4) is 12.3 Å². The van der Waals surface area contributed by atoms with Crippen LogP contribution in [0, 0.1) is 12.3 Å². The van der Waals surface area contributed by atoms with E-state index in [1.54, 1.807) is 38.1 Å². The van der Waals surface area contributed by atoms with Crippen LogP contribution in [0.4, 0.5) is 0 Å². The number of hydrogen-bond donors (Lipinski definition) is 2. The molecule has 8 heteroatoms. The summed E-state index contributed by atoms with van der Waals surface area (Å²) in [4.78, 5) is 23.4. The molecular formula is C19H27N3O4S. The van der Waals surface area contributed by atoms with Crippen molar-refractivity contribution in [2.45, 2.75) is 38.0 Å². The molecule has 1 aromatic carbocycles. The Kier molecular flexibility index (Phi) is 9.54. The lowest BCUT2D eigenvalue weighted by atomic mass is 10.1. The SMILES string of the molecule is C#CCNC(=O)CCNC(=O)CCc1ccc(S(=O)(=O)N(CC)CC)cc1. The Hall–Kier alpha value is -2.37. The smallest absolute Gasteiger partial charge is 0.243 e. The van der Waals surface area contributed by atoms with Gasteiger partial charge in [0.1, 0.15) is 0 Å². The first-order valence-corrected chi connectivity index (χ1v) is 10.3. The van der Waals surface area contributed by atoms with Gasteiger partial charge in [0.15, 0.2) is 0 Å².